The van der Waals surface area contributed by atoms with Crippen molar-refractivity contribution in [3.63, 3.8) is 0 Å². The van der Waals surface area contributed by atoms with Crippen LogP contribution in [0.15, 0.2) is 53.7 Å². The number of hydrogen-bond acceptors (Lipinski definition) is 6. The second kappa shape index (κ2) is 8.74. The summed E-state index contributed by atoms with van der Waals surface area (Å²) >= 11 is 13.3. The third-order valence-electron chi connectivity index (χ3n) is 4.03. The van der Waals surface area contributed by atoms with E-state index in [9.17, 15) is 9.59 Å². The van der Waals surface area contributed by atoms with E-state index in [1.165, 1.54) is 29.5 Å². The summed E-state index contributed by atoms with van der Waals surface area (Å²) in [5, 5.41) is 7.95. The van der Waals surface area contributed by atoms with Gasteiger partial charge in [0.2, 0.25) is 6.79 Å². The summed E-state index contributed by atoms with van der Waals surface area (Å²) in [5.74, 6) is 0.0624. The molecule has 0 atom stereocenters. The Labute approximate surface area is 185 Å². The molecular weight excluding hydrogens is 449 g/mol. The fraction of sp³-hybridized carbons (Fsp3) is 0.0500. The van der Waals surface area contributed by atoms with Gasteiger partial charge in [-0.1, -0.05) is 29.3 Å². The Kier molecular flexibility index (Phi) is 5.89. The first-order valence-corrected chi connectivity index (χ1v) is 10.2. The maximum absolute atomic E-state index is 12.8. The number of nitrogens with zero attached hydrogens (tertiary/aromatic N) is 1. The molecule has 7 nitrogen and oxygen atoms in total. The molecule has 1 aliphatic rings. The molecule has 152 valence electrons. The number of carbonyl (C=O) groups excluding carboxylic acids is 2. The number of benzene rings is 2. The average molecular weight is 462 g/mol. The van der Waals surface area contributed by atoms with E-state index in [1.807, 2.05) is 0 Å². The van der Waals surface area contributed by atoms with Crippen LogP contribution >= 0.6 is 34.5 Å². The minimum Gasteiger partial charge on any atom is -0.454 e. The van der Waals surface area contributed by atoms with Gasteiger partial charge in [0.1, 0.15) is 5.70 Å². The van der Waals surface area contributed by atoms with Crippen LogP contribution in [0.3, 0.4) is 0 Å². The fourth-order valence-electron chi connectivity index (χ4n) is 2.64. The number of fused-ring (bicyclic) bond motifs is 1. The number of aromatic nitrogens is 1. The third-order valence-corrected chi connectivity index (χ3v) is 5.27. The fourth-order valence-corrected chi connectivity index (χ4v) is 3.66. The number of amides is 2. The number of hydrogen-bond donors (Lipinski definition) is 2. The van der Waals surface area contributed by atoms with E-state index in [0.717, 1.165) is 0 Å². The summed E-state index contributed by atoms with van der Waals surface area (Å²) in [4.78, 5) is 29.6. The molecule has 2 aromatic carbocycles. The number of rotatable bonds is 5. The molecule has 2 N–H and O–H groups in total. The predicted molar refractivity (Wildman–Crippen MR) is 115 cm³/mol. The van der Waals surface area contributed by atoms with Crippen molar-refractivity contribution < 1.29 is 19.1 Å². The molecule has 0 aliphatic carbocycles. The SMILES string of the molecule is O=C(Nc1nccs1)/C(=C/c1ccc2c(c1)OCO2)NC(=O)c1ccc(Cl)cc1Cl. The van der Waals surface area contributed by atoms with Crippen molar-refractivity contribution in [2.24, 2.45) is 0 Å². The standard InChI is InChI=1S/C20H13Cl2N3O4S/c21-12-2-3-13(14(22)9-12)18(26)24-15(19(27)25-20-23-5-6-30-20)7-11-1-4-16-17(8-11)29-10-28-16/h1-9H,10H2,(H,24,26)(H,23,25,27)/b15-7-. The van der Waals surface area contributed by atoms with E-state index in [-0.39, 0.29) is 23.1 Å². The lowest BCUT2D eigenvalue weighted by molar-refractivity contribution is -0.113. The van der Waals surface area contributed by atoms with Gasteiger partial charge >= 0.3 is 0 Å². The lowest BCUT2D eigenvalue weighted by Gasteiger charge is -2.11. The summed E-state index contributed by atoms with van der Waals surface area (Å²) in [6.45, 7) is 0.131. The first-order chi connectivity index (χ1) is 14.5. The molecule has 0 unspecified atom stereocenters. The Morgan fingerprint density at radius 2 is 1.93 bits per heavy atom. The van der Waals surface area contributed by atoms with Crippen LogP contribution in [-0.2, 0) is 4.79 Å². The Morgan fingerprint density at radius 3 is 2.70 bits per heavy atom. The lowest BCUT2D eigenvalue weighted by atomic mass is 10.1. The minimum absolute atomic E-state index is 0.0000759. The van der Waals surface area contributed by atoms with Gasteiger partial charge in [-0.05, 0) is 42.0 Å². The molecule has 2 amide bonds. The summed E-state index contributed by atoms with van der Waals surface area (Å²) in [6, 6.07) is 9.65. The zero-order chi connectivity index (χ0) is 21.1. The van der Waals surface area contributed by atoms with Gasteiger partial charge in [0.25, 0.3) is 11.8 Å². The maximum Gasteiger partial charge on any atom is 0.273 e. The minimum atomic E-state index is -0.557. The summed E-state index contributed by atoms with van der Waals surface area (Å²) in [5.41, 5.74) is 0.811. The molecule has 30 heavy (non-hydrogen) atoms. The predicted octanol–water partition coefficient (Wildman–Crippen LogP) is 4.59. The number of anilines is 1. The quantitative estimate of drug-likeness (QED) is 0.542. The Morgan fingerprint density at radius 1 is 1.10 bits per heavy atom. The number of thiazole rings is 1. The van der Waals surface area contributed by atoms with E-state index < -0.39 is 11.8 Å². The van der Waals surface area contributed by atoms with Crippen LogP contribution in [-0.4, -0.2) is 23.6 Å². The van der Waals surface area contributed by atoms with Gasteiger partial charge in [0, 0.05) is 16.6 Å². The van der Waals surface area contributed by atoms with Crippen LogP contribution in [0, 0.1) is 0 Å². The van der Waals surface area contributed by atoms with E-state index in [2.05, 4.69) is 15.6 Å². The first kappa shape index (κ1) is 20.2. The van der Waals surface area contributed by atoms with E-state index in [0.29, 0.717) is 27.2 Å². The van der Waals surface area contributed by atoms with Crippen LogP contribution < -0.4 is 20.1 Å². The van der Waals surface area contributed by atoms with Crippen LogP contribution in [0.2, 0.25) is 10.0 Å². The zero-order valence-corrected chi connectivity index (χ0v) is 17.5. The molecule has 1 aromatic heterocycles. The van der Waals surface area contributed by atoms with Gasteiger partial charge in [-0.3, -0.25) is 14.9 Å². The highest BCUT2D eigenvalue weighted by molar-refractivity contribution is 7.13. The van der Waals surface area contributed by atoms with Crippen molar-refractivity contribution in [2.45, 2.75) is 0 Å². The van der Waals surface area contributed by atoms with Crippen molar-refractivity contribution in [3.05, 3.63) is 74.8 Å². The van der Waals surface area contributed by atoms with Gasteiger partial charge in [-0.25, -0.2) is 4.98 Å². The Hall–Kier alpha value is -3.07. The molecule has 1 aliphatic heterocycles. The molecule has 10 heteroatoms. The van der Waals surface area contributed by atoms with Crippen molar-refractivity contribution in [2.75, 3.05) is 12.1 Å². The van der Waals surface area contributed by atoms with Gasteiger partial charge in [0.05, 0.1) is 10.6 Å². The summed E-state index contributed by atoms with van der Waals surface area (Å²) in [7, 11) is 0. The van der Waals surface area contributed by atoms with E-state index >= 15 is 0 Å². The second-order valence-electron chi connectivity index (χ2n) is 6.04. The van der Waals surface area contributed by atoms with Crippen LogP contribution in [0.25, 0.3) is 6.08 Å². The van der Waals surface area contributed by atoms with Crippen molar-refractivity contribution in [3.8, 4) is 11.5 Å². The van der Waals surface area contributed by atoms with Crippen molar-refractivity contribution in [1.82, 2.24) is 10.3 Å². The van der Waals surface area contributed by atoms with Crippen LogP contribution in [0.5, 0.6) is 11.5 Å². The second-order valence-corrected chi connectivity index (χ2v) is 7.78. The monoisotopic (exact) mass is 461 g/mol. The highest BCUT2D eigenvalue weighted by Gasteiger charge is 2.19. The topological polar surface area (TPSA) is 89.6 Å². The molecule has 4 rings (SSSR count). The third kappa shape index (κ3) is 4.56. The summed E-state index contributed by atoms with van der Waals surface area (Å²) < 4.78 is 10.7. The first-order valence-electron chi connectivity index (χ1n) is 8.58. The van der Waals surface area contributed by atoms with E-state index in [1.54, 1.807) is 35.8 Å². The van der Waals surface area contributed by atoms with Gasteiger partial charge in [-0.15, -0.1) is 11.3 Å². The molecule has 0 radical (unpaired) electrons. The maximum atomic E-state index is 12.8. The number of carbonyl (C=O) groups is 2. The summed E-state index contributed by atoms with van der Waals surface area (Å²) in [6.07, 6.45) is 3.08. The smallest absolute Gasteiger partial charge is 0.273 e. The molecule has 0 saturated carbocycles. The van der Waals surface area contributed by atoms with Crippen LogP contribution in [0.1, 0.15) is 15.9 Å². The van der Waals surface area contributed by atoms with Crippen LogP contribution in [0.4, 0.5) is 5.13 Å². The molecular formula is C20H13Cl2N3O4S. The highest BCUT2D eigenvalue weighted by Crippen LogP contribution is 2.33. The average Bonchev–Trinajstić information content (AvgIpc) is 3.38. The normalized spacial score (nSPS) is 12.5. The molecule has 0 spiro atoms. The lowest BCUT2D eigenvalue weighted by Crippen LogP contribution is -2.30. The largest absolute Gasteiger partial charge is 0.454 e. The molecule has 3 aromatic rings. The molecule has 0 bridgehead atoms. The molecule has 0 fully saturated rings. The van der Waals surface area contributed by atoms with Gasteiger partial charge in [-0.2, -0.15) is 0 Å². The van der Waals surface area contributed by atoms with Gasteiger partial charge in [0.15, 0.2) is 16.6 Å². The number of halogens is 2. The molecule has 2 heterocycles. The van der Waals surface area contributed by atoms with Gasteiger partial charge < -0.3 is 14.8 Å². The Balaban J connectivity index is 1.64. The molecule has 0 saturated heterocycles. The number of ether oxygens (including phenoxy) is 2. The van der Waals surface area contributed by atoms with Crippen molar-refractivity contribution >= 4 is 57.6 Å². The van der Waals surface area contributed by atoms with E-state index in [4.69, 9.17) is 32.7 Å². The highest BCUT2D eigenvalue weighted by atomic mass is 35.5. The van der Waals surface area contributed by atoms with Crippen molar-refractivity contribution in [1.29, 1.82) is 0 Å². The zero-order valence-electron chi connectivity index (χ0n) is 15.1. The Bertz CT molecular complexity index is 1150. The number of nitrogens with one attached hydrogen (secondary N) is 2.